The van der Waals surface area contributed by atoms with Crippen molar-refractivity contribution >= 4 is 0 Å². The van der Waals surface area contributed by atoms with Gasteiger partial charge in [-0.15, -0.1) is 0 Å². The lowest BCUT2D eigenvalue weighted by atomic mass is 9.94. The maximum Gasteiger partial charge on any atom is 0.0488 e. The van der Waals surface area contributed by atoms with Gasteiger partial charge in [0.1, 0.15) is 0 Å². The van der Waals surface area contributed by atoms with Gasteiger partial charge in [-0.3, -0.25) is 0 Å². The van der Waals surface area contributed by atoms with Crippen molar-refractivity contribution in [2.75, 3.05) is 20.3 Å². The Morgan fingerprint density at radius 2 is 1.86 bits per heavy atom. The van der Waals surface area contributed by atoms with E-state index in [1.165, 1.54) is 12.8 Å². The lowest BCUT2D eigenvalue weighted by Gasteiger charge is -2.25. The fraction of sp³-hybridized carbons (Fsp3) is 1.00. The molecule has 0 saturated heterocycles. The van der Waals surface area contributed by atoms with Crippen molar-refractivity contribution in [3.8, 4) is 0 Å². The summed E-state index contributed by atoms with van der Waals surface area (Å²) in [6.45, 7) is 11.0. The summed E-state index contributed by atoms with van der Waals surface area (Å²) in [4.78, 5) is 0. The Labute approximate surface area is 89.4 Å². The fourth-order valence-corrected chi connectivity index (χ4v) is 1.71. The minimum absolute atomic E-state index is 0.639. The molecule has 0 bridgehead atoms. The first kappa shape index (κ1) is 13.9. The van der Waals surface area contributed by atoms with Crippen LogP contribution < -0.4 is 5.32 Å². The Bertz CT molecular complexity index is 125. The van der Waals surface area contributed by atoms with E-state index in [9.17, 15) is 0 Å². The topological polar surface area (TPSA) is 21.3 Å². The molecule has 0 spiro atoms. The highest BCUT2D eigenvalue weighted by Crippen LogP contribution is 2.13. The zero-order chi connectivity index (χ0) is 11.0. The molecule has 2 nitrogen and oxygen atoms in total. The molecular weight excluding hydrogens is 174 g/mol. The smallest absolute Gasteiger partial charge is 0.0488 e. The molecule has 1 N–H and O–H groups in total. The zero-order valence-electron chi connectivity index (χ0n) is 10.5. The second kappa shape index (κ2) is 8.25. The molecule has 2 unspecified atom stereocenters. The van der Waals surface area contributed by atoms with Crippen LogP contribution >= 0.6 is 0 Å². The van der Waals surface area contributed by atoms with Crippen molar-refractivity contribution in [2.24, 2.45) is 11.8 Å². The third-order valence-corrected chi connectivity index (χ3v) is 2.57. The lowest BCUT2D eigenvalue weighted by molar-refractivity contribution is 0.144. The lowest BCUT2D eigenvalue weighted by Crippen LogP contribution is -2.36. The van der Waals surface area contributed by atoms with E-state index in [-0.39, 0.29) is 0 Å². The van der Waals surface area contributed by atoms with Crippen LogP contribution in [0.5, 0.6) is 0 Å². The molecule has 0 aliphatic carbocycles. The Hall–Kier alpha value is -0.0800. The molecule has 0 amide bonds. The Kier molecular flexibility index (Phi) is 8.20. The summed E-state index contributed by atoms with van der Waals surface area (Å²) in [5.74, 6) is 1.36. The first-order valence-electron chi connectivity index (χ1n) is 5.84. The molecule has 14 heavy (non-hydrogen) atoms. The van der Waals surface area contributed by atoms with E-state index >= 15 is 0 Å². The van der Waals surface area contributed by atoms with E-state index < -0.39 is 0 Å². The zero-order valence-corrected chi connectivity index (χ0v) is 10.5. The molecular formula is C12H27NO. The van der Waals surface area contributed by atoms with Crippen molar-refractivity contribution in [3.63, 3.8) is 0 Å². The van der Waals surface area contributed by atoms with Gasteiger partial charge in [-0.1, -0.05) is 27.7 Å². The Balaban J connectivity index is 3.82. The van der Waals surface area contributed by atoms with Crippen LogP contribution in [0.1, 0.15) is 40.5 Å². The highest BCUT2D eigenvalue weighted by Gasteiger charge is 2.15. The van der Waals surface area contributed by atoms with Crippen LogP contribution in [-0.4, -0.2) is 26.3 Å². The molecule has 0 aliphatic rings. The third kappa shape index (κ3) is 6.39. The molecule has 0 aromatic carbocycles. The molecule has 0 radical (unpaired) electrons. The first-order chi connectivity index (χ1) is 6.61. The van der Waals surface area contributed by atoms with Gasteiger partial charge >= 0.3 is 0 Å². The monoisotopic (exact) mass is 201 g/mol. The van der Waals surface area contributed by atoms with E-state index in [2.05, 4.69) is 33.0 Å². The van der Waals surface area contributed by atoms with E-state index in [0.717, 1.165) is 13.2 Å². The number of hydrogen-bond donors (Lipinski definition) is 1. The fourth-order valence-electron chi connectivity index (χ4n) is 1.71. The maximum absolute atomic E-state index is 5.16. The van der Waals surface area contributed by atoms with E-state index in [4.69, 9.17) is 4.74 Å². The summed E-state index contributed by atoms with van der Waals surface area (Å²) in [5.41, 5.74) is 0. The molecule has 2 heteroatoms. The Morgan fingerprint density at radius 1 is 1.21 bits per heavy atom. The SMILES string of the molecule is CCCNC(CC(C)COC)C(C)C. The predicted molar refractivity (Wildman–Crippen MR) is 62.6 cm³/mol. The average molecular weight is 201 g/mol. The quantitative estimate of drug-likeness (QED) is 0.652. The van der Waals surface area contributed by atoms with Crippen LogP contribution in [0.25, 0.3) is 0 Å². The molecule has 0 fully saturated rings. The number of rotatable bonds is 8. The van der Waals surface area contributed by atoms with Crippen molar-refractivity contribution in [1.82, 2.24) is 5.32 Å². The highest BCUT2D eigenvalue weighted by atomic mass is 16.5. The van der Waals surface area contributed by atoms with E-state index in [0.29, 0.717) is 17.9 Å². The van der Waals surface area contributed by atoms with Crippen LogP contribution in [-0.2, 0) is 4.74 Å². The van der Waals surface area contributed by atoms with Gasteiger partial charge in [0.25, 0.3) is 0 Å². The van der Waals surface area contributed by atoms with Crippen LogP contribution in [0.2, 0.25) is 0 Å². The van der Waals surface area contributed by atoms with E-state index in [1.807, 2.05) is 0 Å². The van der Waals surface area contributed by atoms with Gasteiger partial charge in [0.2, 0.25) is 0 Å². The first-order valence-corrected chi connectivity index (χ1v) is 5.84. The van der Waals surface area contributed by atoms with Gasteiger partial charge in [0, 0.05) is 19.8 Å². The highest BCUT2D eigenvalue weighted by molar-refractivity contribution is 4.72. The van der Waals surface area contributed by atoms with Gasteiger partial charge in [-0.25, -0.2) is 0 Å². The average Bonchev–Trinajstić information content (AvgIpc) is 2.12. The maximum atomic E-state index is 5.16. The van der Waals surface area contributed by atoms with Crippen LogP contribution in [0.3, 0.4) is 0 Å². The van der Waals surface area contributed by atoms with Crippen molar-refractivity contribution in [1.29, 1.82) is 0 Å². The Morgan fingerprint density at radius 3 is 2.29 bits per heavy atom. The molecule has 86 valence electrons. The summed E-state index contributed by atoms with van der Waals surface area (Å²) in [6.07, 6.45) is 2.42. The van der Waals surface area contributed by atoms with Crippen LogP contribution in [0.4, 0.5) is 0 Å². The second-order valence-electron chi connectivity index (χ2n) is 4.60. The third-order valence-electron chi connectivity index (χ3n) is 2.57. The molecule has 0 heterocycles. The van der Waals surface area contributed by atoms with Gasteiger partial charge in [-0.2, -0.15) is 0 Å². The summed E-state index contributed by atoms with van der Waals surface area (Å²) >= 11 is 0. The second-order valence-corrected chi connectivity index (χ2v) is 4.60. The molecule has 0 saturated carbocycles. The minimum Gasteiger partial charge on any atom is -0.384 e. The molecule has 2 atom stereocenters. The standard InChI is InChI=1S/C12H27NO/c1-6-7-13-12(10(2)3)8-11(4)9-14-5/h10-13H,6-9H2,1-5H3. The summed E-state index contributed by atoms with van der Waals surface area (Å²) in [5, 5.41) is 3.60. The largest absolute Gasteiger partial charge is 0.384 e. The van der Waals surface area contributed by atoms with Gasteiger partial charge in [0.05, 0.1) is 0 Å². The van der Waals surface area contributed by atoms with Crippen molar-refractivity contribution < 1.29 is 4.74 Å². The summed E-state index contributed by atoms with van der Waals surface area (Å²) < 4.78 is 5.16. The molecule has 0 rings (SSSR count). The molecule has 0 aromatic rings. The number of ether oxygens (including phenoxy) is 1. The van der Waals surface area contributed by atoms with Gasteiger partial charge < -0.3 is 10.1 Å². The van der Waals surface area contributed by atoms with Gasteiger partial charge in [0.15, 0.2) is 0 Å². The van der Waals surface area contributed by atoms with Crippen molar-refractivity contribution in [2.45, 2.75) is 46.6 Å². The van der Waals surface area contributed by atoms with Crippen LogP contribution in [0, 0.1) is 11.8 Å². The van der Waals surface area contributed by atoms with Crippen molar-refractivity contribution in [3.05, 3.63) is 0 Å². The van der Waals surface area contributed by atoms with Gasteiger partial charge in [-0.05, 0) is 31.2 Å². The number of hydrogen-bond acceptors (Lipinski definition) is 2. The van der Waals surface area contributed by atoms with E-state index in [1.54, 1.807) is 7.11 Å². The predicted octanol–water partition coefficient (Wildman–Crippen LogP) is 2.68. The molecule has 0 aliphatic heterocycles. The minimum atomic E-state index is 0.639. The number of nitrogens with one attached hydrogen (secondary N) is 1. The summed E-state index contributed by atoms with van der Waals surface area (Å²) in [7, 11) is 1.78. The normalized spacial score (nSPS) is 15.9. The summed E-state index contributed by atoms with van der Waals surface area (Å²) in [6, 6.07) is 0.639. The molecule has 0 aromatic heterocycles. The van der Waals surface area contributed by atoms with Crippen LogP contribution in [0.15, 0.2) is 0 Å². The number of methoxy groups -OCH3 is 1.